The largest absolute Gasteiger partial charge is 0.387 e. The van der Waals surface area contributed by atoms with E-state index in [4.69, 9.17) is 11.6 Å². The first-order chi connectivity index (χ1) is 10.1. The molecule has 21 heavy (non-hydrogen) atoms. The van der Waals surface area contributed by atoms with E-state index in [1.807, 2.05) is 42.2 Å². The summed E-state index contributed by atoms with van der Waals surface area (Å²) in [7, 11) is 1.93. The van der Waals surface area contributed by atoms with Gasteiger partial charge in [0.1, 0.15) is 0 Å². The molecular weight excluding hydrogens is 286 g/mol. The molecule has 0 amide bonds. The Bertz CT molecular complexity index is 613. The molecule has 1 aliphatic heterocycles. The van der Waals surface area contributed by atoms with E-state index in [2.05, 4.69) is 16.2 Å². The number of aliphatic hydroxyl groups is 1. The van der Waals surface area contributed by atoms with E-state index in [9.17, 15) is 5.11 Å². The van der Waals surface area contributed by atoms with Crippen molar-refractivity contribution in [3.63, 3.8) is 0 Å². The molecule has 1 N–H and O–H groups in total. The van der Waals surface area contributed by atoms with Gasteiger partial charge in [-0.3, -0.25) is 9.58 Å². The number of aryl methyl sites for hydroxylation is 1. The lowest BCUT2D eigenvalue weighted by molar-refractivity contribution is 0.106. The predicted molar refractivity (Wildman–Crippen MR) is 83.2 cm³/mol. The number of nitrogens with zero attached hydrogens (tertiary/aromatic N) is 3. The third-order valence-electron chi connectivity index (χ3n) is 4.14. The van der Waals surface area contributed by atoms with Crippen molar-refractivity contribution in [2.45, 2.75) is 25.0 Å². The fourth-order valence-electron chi connectivity index (χ4n) is 3.10. The molecule has 3 rings (SSSR count). The molecule has 0 saturated carbocycles. The van der Waals surface area contributed by atoms with Crippen LogP contribution in [0.25, 0.3) is 0 Å². The Morgan fingerprint density at radius 2 is 2.24 bits per heavy atom. The molecule has 0 radical (unpaired) electrons. The van der Waals surface area contributed by atoms with E-state index in [0.29, 0.717) is 17.6 Å². The summed E-state index contributed by atoms with van der Waals surface area (Å²) in [5, 5.41) is 15.4. The number of β-amino-alcohol motifs (C(OH)–C–C–N with tert-alkyl or cyclic N) is 1. The third-order valence-corrected chi connectivity index (χ3v) is 4.49. The Balaban J connectivity index is 1.73. The van der Waals surface area contributed by atoms with Crippen LogP contribution in [0.5, 0.6) is 0 Å². The van der Waals surface area contributed by atoms with Gasteiger partial charge < -0.3 is 5.11 Å². The molecule has 1 fully saturated rings. The summed E-state index contributed by atoms with van der Waals surface area (Å²) in [6.45, 7) is 1.60. The summed E-state index contributed by atoms with van der Waals surface area (Å²) in [4.78, 5) is 2.32. The fourth-order valence-corrected chi connectivity index (χ4v) is 3.36. The zero-order valence-corrected chi connectivity index (χ0v) is 12.9. The first-order valence-corrected chi connectivity index (χ1v) is 7.68. The van der Waals surface area contributed by atoms with Crippen LogP contribution < -0.4 is 0 Å². The van der Waals surface area contributed by atoms with Gasteiger partial charge in [-0.15, -0.1) is 0 Å². The van der Waals surface area contributed by atoms with Crippen LogP contribution >= 0.6 is 11.6 Å². The zero-order valence-electron chi connectivity index (χ0n) is 12.1. The summed E-state index contributed by atoms with van der Waals surface area (Å²) in [6.07, 6.45) is 5.68. The second kappa shape index (κ2) is 6.18. The Morgan fingerprint density at radius 1 is 1.43 bits per heavy atom. The molecule has 4 nitrogen and oxygen atoms in total. The molecule has 0 spiro atoms. The van der Waals surface area contributed by atoms with Crippen molar-refractivity contribution in [2.75, 3.05) is 13.1 Å². The molecule has 1 aromatic carbocycles. The minimum absolute atomic E-state index is 0.343. The fraction of sp³-hybridized carbons (Fsp3) is 0.438. The molecule has 1 aromatic heterocycles. The maximum Gasteiger partial charge on any atom is 0.0931 e. The molecule has 1 aliphatic rings. The molecule has 0 aliphatic carbocycles. The number of aliphatic hydroxyl groups excluding tert-OH is 1. The van der Waals surface area contributed by atoms with Crippen LogP contribution in [0.1, 0.15) is 36.1 Å². The van der Waals surface area contributed by atoms with Crippen LogP contribution in [-0.4, -0.2) is 32.9 Å². The highest BCUT2D eigenvalue weighted by molar-refractivity contribution is 6.31. The number of likely N-dealkylation sites (tertiary alicyclic amines) is 1. The Kier molecular flexibility index (Phi) is 4.29. The molecule has 1 saturated heterocycles. The summed E-state index contributed by atoms with van der Waals surface area (Å²) in [5.74, 6) is 0. The minimum atomic E-state index is -0.559. The Hall–Kier alpha value is -1.36. The van der Waals surface area contributed by atoms with E-state index in [0.717, 1.165) is 24.9 Å². The summed E-state index contributed by atoms with van der Waals surface area (Å²) in [5.41, 5.74) is 2.03. The van der Waals surface area contributed by atoms with E-state index in [1.54, 1.807) is 0 Å². The van der Waals surface area contributed by atoms with Crippen LogP contribution in [0.4, 0.5) is 0 Å². The number of hydrogen-bond acceptors (Lipinski definition) is 3. The number of aromatic nitrogens is 2. The highest BCUT2D eigenvalue weighted by Crippen LogP contribution is 2.34. The molecule has 2 aromatic rings. The van der Waals surface area contributed by atoms with Gasteiger partial charge in [0.25, 0.3) is 0 Å². The molecule has 0 bridgehead atoms. The lowest BCUT2D eigenvalue weighted by atomic mass is 10.1. The number of hydrogen-bond donors (Lipinski definition) is 1. The van der Waals surface area contributed by atoms with Crippen LogP contribution in [0.2, 0.25) is 5.02 Å². The molecular formula is C16H20ClN3O. The van der Waals surface area contributed by atoms with Gasteiger partial charge in [0.15, 0.2) is 0 Å². The minimum Gasteiger partial charge on any atom is -0.387 e. The van der Waals surface area contributed by atoms with Gasteiger partial charge in [-0.1, -0.05) is 29.8 Å². The average molecular weight is 306 g/mol. The summed E-state index contributed by atoms with van der Waals surface area (Å²) in [6, 6.07) is 7.85. The lowest BCUT2D eigenvalue weighted by Gasteiger charge is -2.26. The number of benzene rings is 1. The van der Waals surface area contributed by atoms with Gasteiger partial charge in [-0.2, -0.15) is 5.10 Å². The van der Waals surface area contributed by atoms with Crippen molar-refractivity contribution in [2.24, 2.45) is 7.05 Å². The highest BCUT2D eigenvalue weighted by atomic mass is 35.5. The highest BCUT2D eigenvalue weighted by Gasteiger charge is 2.29. The van der Waals surface area contributed by atoms with Crippen LogP contribution in [0, 0.1) is 0 Å². The second-order valence-corrected chi connectivity index (χ2v) is 6.04. The van der Waals surface area contributed by atoms with E-state index in [-0.39, 0.29) is 0 Å². The zero-order chi connectivity index (χ0) is 14.8. The van der Waals surface area contributed by atoms with E-state index < -0.39 is 6.10 Å². The smallest absolute Gasteiger partial charge is 0.0931 e. The summed E-state index contributed by atoms with van der Waals surface area (Å²) < 4.78 is 1.83. The molecule has 112 valence electrons. The van der Waals surface area contributed by atoms with Crippen LogP contribution in [0.3, 0.4) is 0 Å². The van der Waals surface area contributed by atoms with Crippen molar-refractivity contribution in [1.29, 1.82) is 0 Å². The van der Waals surface area contributed by atoms with E-state index >= 15 is 0 Å². The Labute approximate surface area is 130 Å². The van der Waals surface area contributed by atoms with Crippen molar-refractivity contribution < 1.29 is 5.11 Å². The van der Waals surface area contributed by atoms with Gasteiger partial charge in [-0.25, -0.2) is 0 Å². The first-order valence-electron chi connectivity index (χ1n) is 7.30. The SMILES string of the molecule is Cn1cc([C@H]2CCCN2C[C@@H](O)c2ccccc2Cl)cn1. The van der Waals surface area contributed by atoms with Gasteiger partial charge in [0.2, 0.25) is 0 Å². The molecule has 2 heterocycles. The van der Waals surface area contributed by atoms with Crippen molar-refractivity contribution >= 4 is 11.6 Å². The molecule has 5 heteroatoms. The Morgan fingerprint density at radius 3 is 2.95 bits per heavy atom. The topological polar surface area (TPSA) is 41.3 Å². The van der Waals surface area contributed by atoms with Gasteiger partial charge >= 0.3 is 0 Å². The van der Waals surface area contributed by atoms with Crippen molar-refractivity contribution in [1.82, 2.24) is 14.7 Å². The summed E-state index contributed by atoms with van der Waals surface area (Å²) >= 11 is 6.17. The van der Waals surface area contributed by atoms with Gasteiger partial charge in [0, 0.05) is 42.0 Å². The monoisotopic (exact) mass is 305 g/mol. The maximum absolute atomic E-state index is 10.5. The van der Waals surface area contributed by atoms with Crippen LogP contribution in [-0.2, 0) is 7.05 Å². The maximum atomic E-state index is 10.5. The van der Waals surface area contributed by atoms with Gasteiger partial charge in [0.05, 0.1) is 12.3 Å². The normalized spacial score (nSPS) is 20.8. The number of halogens is 1. The molecule has 0 unspecified atom stereocenters. The second-order valence-electron chi connectivity index (χ2n) is 5.64. The number of rotatable bonds is 4. The van der Waals surface area contributed by atoms with Gasteiger partial charge in [-0.05, 0) is 25.5 Å². The molecule has 2 atom stereocenters. The quantitative estimate of drug-likeness (QED) is 0.944. The third kappa shape index (κ3) is 3.12. The lowest BCUT2D eigenvalue weighted by Crippen LogP contribution is -2.28. The standard InChI is InChI=1S/C16H20ClN3O/c1-19-10-12(9-18-19)15-7-4-8-20(15)11-16(21)13-5-2-3-6-14(13)17/h2-3,5-6,9-10,15-16,21H,4,7-8,11H2,1H3/t15-,16-/m1/s1. The average Bonchev–Trinajstić information content (AvgIpc) is 3.08. The first kappa shape index (κ1) is 14.6. The predicted octanol–water partition coefficient (Wildman–Crippen LogP) is 2.94. The van der Waals surface area contributed by atoms with Crippen LogP contribution in [0.15, 0.2) is 36.7 Å². The van der Waals surface area contributed by atoms with E-state index in [1.165, 1.54) is 5.56 Å². The van der Waals surface area contributed by atoms with Crippen molar-refractivity contribution in [3.05, 3.63) is 52.8 Å². The van der Waals surface area contributed by atoms with Crippen molar-refractivity contribution in [3.8, 4) is 0 Å².